The second-order valence-corrected chi connectivity index (χ2v) is 8.43. The van der Waals surface area contributed by atoms with Crippen LogP contribution in [0.15, 0.2) is 24.3 Å². The van der Waals surface area contributed by atoms with Crippen LogP contribution in [-0.2, 0) is 6.11 Å². The lowest BCUT2D eigenvalue weighted by Gasteiger charge is -2.29. The van der Waals surface area contributed by atoms with E-state index in [1.165, 1.54) is 0 Å². The zero-order valence-electron chi connectivity index (χ0n) is 18.3. The molecule has 0 amide bonds. The number of benzene rings is 2. The third kappa shape index (κ3) is 6.13. The molecule has 0 aromatic heterocycles. The van der Waals surface area contributed by atoms with E-state index >= 15 is 0 Å². The summed E-state index contributed by atoms with van der Waals surface area (Å²) in [5, 5.41) is 0. The smallest absolute Gasteiger partial charge is 0.429 e. The first-order chi connectivity index (χ1) is 16.0. The monoisotopic (exact) mass is 496 g/mol. The number of rotatable bonds is 9. The number of hydrogen-bond donors (Lipinski definition) is 0. The molecular formula is C24H24F8O2. The van der Waals surface area contributed by atoms with Crippen LogP contribution in [-0.4, -0.2) is 6.61 Å². The maximum absolute atomic E-state index is 14.6. The van der Waals surface area contributed by atoms with Gasteiger partial charge in [0.15, 0.2) is 17.4 Å². The fourth-order valence-corrected chi connectivity index (χ4v) is 4.38. The van der Waals surface area contributed by atoms with E-state index in [-0.39, 0.29) is 23.6 Å². The molecule has 1 fully saturated rings. The van der Waals surface area contributed by atoms with Gasteiger partial charge in [0.05, 0.1) is 0 Å². The molecule has 1 aliphatic rings. The van der Waals surface area contributed by atoms with E-state index in [1.54, 1.807) is 0 Å². The Morgan fingerprint density at radius 1 is 0.882 bits per heavy atom. The minimum Gasteiger partial charge on any atom is -0.429 e. The molecule has 0 bridgehead atoms. The van der Waals surface area contributed by atoms with E-state index in [0.29, 0.717) is 18.8 Å². The Balaban J connectivity index is 1.78. The van der Waals surface area contributed by atoms with Gasteiger partial charge in [-0.2, -0.15) is 17.6 Å². The van der Waals surface area contributed by atoms with Gasteiger partial charge in [-0.15, -0.1) is 0 Å². The van der Waals surface area contributed by atoms with Crippen molar-refractivity contribution in [2.24, 2.45) is 5.92 Å². The van der Waals surface area contributed by atoms with Gasteiger partial charge in [0.25, 0.3) is 0 Å². The summed E-state index contributed by atoms with van der Waals surface area (Å²) >= 11 is 0. The van der Waals surface area contributed by atoms with Crippen molar-refractivity contribution in [2.75, 3.05) is 0 Å². The lowest BCUT2D eigenvalue weighted by atomic mass is 9.77. The van der Waals surface area contributed by atoms with Crippen LogP contribution in [0, 0.1) is 29.2 Å². The molecule has 1 aliphatic carbocycles. The summed E-state index contributed by atoms with van der Waals surface area (Å²) in [6, 6.07) is 1.95. The maximum Gasteiger partial charge on any atom is 0.432 e. The zero-order chi connectivity index (χ0) is 25.0. The van der Waals surface area contributed by atoms with Gasteiger partial charge >= 0.3 is 12.7 Å². The summed E-state index contributed by atoms with van der Waals surface area (Å²) in [6.45, 7) is -1.47. The average Bonchev–Trinajstić information content (AvgIpc) is 2.74. The van der Waals surface area contributed by atoms with Crippen LogP contribution < -0.4 is 9.47 Å². The molecule has 2 aromatic carbocycles. The Hall–Kier alpha value is -2.52. The van der Waals surface area contributed by atoms with Crippen molar-refractivity contribution in [1.29, 1.82) is 0 Å². The Morgan fingerprint density at radius 2 is 1.44 bits per heavy atom. The fraction of sp³-hybridized carbons (Fsp3) is 0.500. The van der Waals surface area contributed by atoms with Gasteiger partial charge in [-0.3, -0.25) is 0 Å². The van der Waals surface area contributed by atoms with Crippen LogP contribution in [0.5, 0.6) is 11.5 Å². The molecule has 0 atom stereocenters. The average molecular weight is 496 g/mol. The summed E-state index contributed by atoms with van der Waals surface area (Å²) in [7, 11) is 0. The van der Waals surface area contributed by atoms with Crippen LogP contribution in [0.2, 0.25) is 0 Å². The molecule has 3 rings (SSSR count). The summed E-state index contributed by atoms with van der Waals surface area (Å²) < 4.78 is 118. The summed E-state index contributed by atoms with van der Waals surface area (Å²) in [5.74, 6) is -8.93. The van der Waals surface area contributed by atoms with E-state index in [1.807, 2.05) is 0 Å². The molecule has 0 unspecified atom stereocenters. The van der Waals surface area contributed by atoms with Crippen molar-refractivity contribution in [3.8, 4) is 11.5 Å². The van der Waals surface area contributed by atoms with Crippen LogP contribution in [0.4, 0.5) is 35.1 Å². The summed E-state index contributed by atoms with van der Waals surface area (Å²) in [5.41, 5.74) is -1.46. The van der Waals surface area contributed by atoms with Crippen molar-refractivity contribution < 1.29 is 44.6 Å². The van der Waals surface area contributed by atoms with E-state index in [2.05, 4.69) is 16.4 Å². The topological polar surface area (TPSA) is 18.5 Å². The Kier molecular flexibility index (Phi) is 8.30. The number of halogens is 8. The molecule has 10 heteroatoms. The molecule has 0 aliphatic heterocycles. The molecule has 2 nitrogen and oxygen atoms in total. The largest absolute Gasteiger partial charge is 0.432 e. The molecule has 2 aromatic rings. The molecular weight excluding hydrogens is 472 g/mol. The van der Waals surface area contributed by atoms with E-state index in [9.17, 15) is 35.1 Å². The summed E-state index contributed by atoms with van der Waals surface area (Å²) in [4.78, 5) is 0. The molecule has 0 radical (unpaired) electrons. The predicted octanol–water partition coefficient (Wildman–Crippen LogP) is 8.44. The molecule has 0 heterocycles. The van der Waals surface area contributed by atoms with Crippen molar-refractivity contribution in [2.45, 2.75) is 70.5 Å². The Labute approximate surface area is 191 Å². The number of hydrogen-bond acceptors (Lipinski definition) is 2. The van der Waals surface area contributed by atoms with Crippen LogP contribution >= 0.6 is 0 Å². The van der Waals surface area contributed by atoms with E-state index < -0.39 is 53.1 Å². The molecule has 0 saturated heterocycles. The van der Waals surface area contributed by atoms with Crippen molar-refractivity contribution in [3.05, 3.63) is 58.7 Å². The minimum atomic E-state index is -4.64. The molecule has 0 spiro atoms. The van der Waals surface area contributed by atoms with Crippen LogP contribution in [0.1, 0.15) is 68.9 Å². The molecule has 188 valence electrons. The van der Waals surface area contributed by atoms with E-state index in [0.717, 1.165) is 44.2 Å². The fourth-order valence-electron chi connectivity index (χ4n) is 4.38. The maximum atomic E-state index is 14.6. The zero-order valence-corrected chi connectivity index (χ0v) is 18.3. The standard InChI is InChI=1S/C24H24F8O2/c1-2-3-4-13-5-7-14(8-6-13)15-9-17(25)21(18(26)10-15)24(31,32)34-16-11-19(27)22(20(28)12-16)33-23(29)30/h9-14,23H,2-8H2,1H3. The van der Waals surface area contributed by atoms with Gasteiger partial charge in [-0.05, 0) is 55.2 Å². The molecule has 1 saturated carbocycles. The molecule has 0 N–H and O–H groups in total. The third-order valence-corrected chi connectivity index (χ3v) is 6.06. The minimum absolute atomic E-state index is 0.149. The van der Waals surface area contributed by atoms with Gasteiger partial charge in [0, 0.05) is 12.1 Å². The first kappa shape index (κ1) is 26.1. The first-order valence-electron chi connectivity index (χ1n) is 11.0. The van der Waals surface area contributed by atoms with Gasteiger partial charge in [0.1, 0.15) is 22.9 Å². The van der Waals surface area contributed by atoms with Gasteiger partial charge < -0.3 is 9.47 Å². The number of alkyl halides is 4. The third-order valence-electron chi connectivity index (χ3n) is 6.06. The predicted molar refractivity (Wildman–Crippen MR) is 108 cm³/mol. The lowest BCUT2D eigenvalue weighted by Crippen LogP contribution is -2.26. The lowest BCUT2D eigenvalue weighted by molar-refractivity contribution is -0.189. The highest BCUT2D eigenvalue weighted by atomic mass is 19.3. The van der Waals surface area contributed by atoms with Gasteiger partial charge in [-0.25, -0.2) is 17.6 Å². The number of unbranched alkanes of at least 4 members (excludes halogenated alkanes) is 1. The highest BCUT2D eigenvalue weighted by molar-refractivity contribution is 5.36. The summed E-state index contributed by atoms with van der Waals surface area (Å²) in [6.07, 6.45) is 1.78. The SMILES string of the molecule is CCCCC1CCC(c2cc(F)c(C(F)(F)Oc3cc(F)c(OC(F)F)c(F)c3)c(F)c2)CC1. The van der Waals surface area contributed by atoms with Crippen molar-refractivity contribution in [1.82, 2.24) is 0 Å². The quantitative estimate of drug-likeness (QED) is 0.325. The van der Waals surface area contributed by atoms with Crippen molar-refractivity contribution in [3.63, 3.8) is 0 Å². The van der Waals surface area contributed by atoms with Crippen LogP contribution in [0.3, 0.4) is 0 Å². The first-order valence-corrected chi connectivity index (χ1v) is 11.0. The van der Waals surface area contributed by atoms with Crippen molar-refractivity contribution >= 4 is 0 Å². The Morgan fingerprint density at radius 3 is 1.94 bits per heavy atom. The number of ether oxygens (including phenoxy) is 2. The molecule has 34 heavy (non-hydrogen) atoms. The van der Waals surface area contributed by atoms with Gasteiger partial charge in [0.2, 0.25) is 0 Å². The highest BCUT2D eigenvalue weighted by Gasteiger charge is 2.42. The van der Waals surface area contributed by atoms with E-state index in [4.69, 9.17) is 0 Å². The normalized spacial score (nSPS) is 18.9. The highest BCUT2D eigenvalue weighted by Crippen LogP contribution is 2.41. The second kappa shape index (κ2) is 10.8. The van der Waals surface area contributed by atoms with Crippen LogP contribution in [0.25, 0.3) is 0 Å². The van der Waals surface area contributed by atoms with Gasteiger partial charge in [-0.1, -0.05) is 26.2 Å². The second-order valence-electron chi connectivity index (χ2n) is 8.43. The Bertz CT molecular complexity index is 941.